The number of nitrogens with two attached hydrogens (primary N) is 1. The van der Waals surface area contributed by atoms with Crippen molar-refractivity contribution in [1.29, 1.82) is 0 Å². The summed E-state index contributed by atoms with van der Waals surface area (Å²) in [6, 6.07) is 20.5. The molecule has 0 aliphatic carbocycles. The Kier molecular flexibility index (Phi) is 12.5. The molecule has 3 aromatic rings. The average Bonchev–Trinajstić information content (AvgIpc) is 3.01. The van der Waals surface area contributed by atoms with Crippen LogP contribution in [0.3, 0.4) is 0 Å². The van der Waals surface area contributed by atoms with Crippen molar-refractivity contribution in [1.82, 2.24) is 20.5 Å². The van der Waals surface area contributed by atoms with E-state index in [4.69, 9.17) is 15.2 Å². The third kappa shape index (κ3) is 10.6. The molecular formula is C34H45N5O6. The van der Waals surface area contributed by atoms with Crippen molar-refractivity contribution in [3.8, 4) is 11.3 Å². The first-order valence-corrected chi connectivity index (χ1v) is 14.9. The molecule has 5 N–H and O–H groups in total. The van der Waals surface area contributed by atoms with E-state index in [0.29, 0.717) is 5.56 Å². The Morgan fingerprint density at radius 1 is 0.956 bits per heavy atom. The Hall–Kier alpha value is -4.48. The van der Waals surface area contributed by atoms with E-state index in [1.165, 1.54) is 12.0 Å². The van der Waals surface area contributed by atoms with Crippen LogP contribution in [0.25, 0.3) is 11.3 Å². The molecule has 0 fully saturated rings. The number of ether oxygens (including phenoxy) is 2. The maximum absolute atomic E-state index is 13.5. The molecule has 0 saturated heterocycles. The van der Waals surface area contributed by atoms with Gasteiger partial charge >= 0.3 is 12.2 Å². The van der Waals surface area contributed by atoms with Crippen LogP contribution in [0.1, 0.15) is 51.9 Å². The van der Waals surface area contributed by atoms with Gasteiger partial charge in [0.2, 0.25) is 5.91 Å². The van der Waals surface area contributed by atoms with Crippen LogP contribution in [0, 0.1) is 5.92 Å². The Morgan fingerprint density at radius 3 is 2.16 bits per heavy atom. The number of carbonyl (C=O) groups is 3. The van der Waals surface area contributed by atoms with Gasteiger partial charge < -0.3 is 30.9 Å². The quantitative estimate of drug-likeness (QED) is 0.217. The first kappa shape index (κ1) is 35.0. The normalized spacial score (nSPS) is 14.1. The lowest BCUT2D eigenvalue weighted by molar-refractivity contribution is -0.125. The molecule has 1 unspecified atom stereocenters. The Bertz CT molecular complexity index is 1380. The van der Waals surface area contributed by atoms with E-state index in [-0.39, 0.29) is 18.9 Å². The Labute approximate surface area is 265 Å². The summed E-state index contributed by atoms with van der Waals surface area (Å²) in [6.07, 6.45) is -1.77. The standard InChI is InChI=1S/C34H45N5O6/c1-22(2)29(38-32(42)44-6)31(41)37-27(20-23-12-8-7-9-13-23)28(40)21-39(33(43)45-34(3,4)5)30(35)25-17-15-24(16-18-25)26-14-10-11-19-36-26/h7-19,22,27-30,40H,20-21,35H2,1-6H3,(H,37,41)(H,38,42)/t27-,28-,29-,30?/m0/s1. The SMILES string of the molecule is COC(=O)N[C@H](C(=O)N[C@@H](Cc1ccccc1)[C@@H](O)CN(C(=O)OC(C)(C)C)C(N)c1ccc(-c2ccccn2)cc1)C(C)C. The Morgan fingerprint density at radius 2 is 1.60 bits per heavy atom. The summed E-state index contributed by atoms with van der Waals surface area (Å²) >= 11 is 0. The molecule has 0 spiro atoms. The van der Waals surface area contributed by atoms with Crippen molar-refractivity contribution in [2.24, 2.45) is 11.7 Å². The lowest BCUT2D eigenvalue weighted by Gasteiger charge is -2.35. The molecule has 0 aliphatic heterocycles. The maximum Gasteiger partial charge on any atom is 0.411 e. The predicted octanol–water partition coefficient (Wildman–Crippen LogP) is 4.41. The fourth-order valence-electron chi connectivity index (χ4n) is 4.66. The molecule has 45 heavy (non-hydrogen) atoms. The molecule has 0 aliphatic rings. The fourth-order valence-corrected chi connectivity index (χ4v) is 4.66. The minimum Gasteiger partial charge on any atom is -0.453 e. The minimum absolute atomic E-state index is 0.243. The van der Waals surface area contributed by atoms with Gasteiger partial charge in [0.25, 0.3) is 0 Å². The molecule has 3 rings (SSSR count). The van der Waals surface area contributed by atoms with Gasteiger partial charge in [-0.2, -0.15) is 0 Å². The molecule has 1 heterocycles. The van der Waals surface area contributed by atoms with Gasteiger partial charge in [-0.25, -0.2) is 9.59 Å². The molecule has 0 bridgehead atoms. The molecule has 2 aromatic carbocycles. The van der Waals surface area contributed by atoms with Crippen molar-refractivity contribution in [2.45, 2.75) is 71.0 Å². The molecule has 11 heteroatoms. The van der Waals surface area contributed by atoms with Crippen LogP contribution in [0.4, 0.5) is 9.59 Å². The first-order chi connectivity index (χ1) is 21.3. The highest BCUT2D eigenvalue weighted by molar-refractivity contribution is 5.86. The van der Waals surface area contributed by atoms with Crippen LogP contribution in [-0.2, 0) is 20.7 Å². The highest BCUT2D eigenvalue weighted by Crippen LogP contribution is 2.24. The lowest BCUT2D eigenvalue weighted by atomic mass is 9.98. The number of methoxy groups -OCH3 is 1. The smallest absolute Gasteiger partial charge is 0.411 e. The summed E-state index contributed by atoms with van der Waals surface area (Å²) < 4.78 is 10.4. The number of hydrogen-bond acceptors (Lipinski definition) is 8. The first-order valence-electron chi connectivity index (χ1n) is 14.9. The number of aliphatic hydroxyl groups is 1. The number of amides is 3. The molecule has 0 saturated carbocycles. The number of rotatable bonds is 12. The van der Waals surface area contributed by atoms with Gasteiger partial charge in [-0.05, 0) is 56.4 Å². The van der Waals surface area contributed by atoms with E-state index >= 15 is 0 Å². The maximum atomic E-state index is 13.5. The number of alkyl carbamates (subject to hydrolysis) is 1. The van der Waals surface area contributed by atoms with Gasteiger partial charge in [-0.1, -0.05) is 74.5 Å². The average molecular weight is 620 g/mol. The Balaban J connectivity index is 1.91. The zero-order chi connectivity index (χ0) is 33.1. The van der Waals surface area contributed by atoms with Gasteiger partial charge in [0, 0.05) is 11.8 Å². The van der Waals surface area contributed by atoms with Gasteiger partial charge in [-0.3, -0.25) is 14.7 Å². The molecule has 1 aromatic heterocycles. The second-order valence-electron chi connectivity index (χ2n) is 12.1. The van der Waals surface area contributed by atoms with Gasteiger partial charge in [-0.15, -0.1) is 0 Å². The fraction of sp³-hybridized carbons (Fsp3) is 0.412. The minimum atomic E-state index is -1.27. The van der Waals surface area contributed by atoms with Gasteiger partial charge in [0.15, 0.2) is 0 Å². The number of aromatic nitrogens is 1. The second-order valence-corrected chi connectivity index (χ2v) is 12.1. The molecule has 0 radical (unpaired) electrons. The zero-order valence-electron chi connectivity index (χ0n) is 26.8. The van der Waals surface area contributed by atoms with Crippen LogP contribution >= 0.6 is 0 Å². The van der Waals surface area contributed by atoms with Crippen molar-refractivity contribution >= 4 is 18.1 Å². The van der Waals surface area contributed by atoms with E-state index in [9.17, 15) is 19.5 Å². The lowest BCUT2D eigenvalue weighted by Crippen LogP contribution is -2.57. The third-order valence-corrected chi connectivity index (χ3v) is 7.06. The van der Waals surface area contributed by atoms with E-state index in [2.05, 4.69) is 15.6 Å². The van der Waals surface area contributed by atoms with Gasteiger partial charge in [0.1, 0.15) is 17.8 Å². The van der Waals surface area contributed by atoms with E-state index in [0.717, 1.165) is 16.8 Å². The topological polar surface area (TPSA) is 156 Å². The van der Waals surface area contributed by atoms with Crippen LogP contribution in [0.5, 0.6) is 0 Å². The van der Waals surface area contributed by atoms with E-state index in [1.54, 1.807) is 52.9 Å². The predicted molar refractivity (Wildman–Crippen MR) is 172 cm³/mol. The van der Waals surface area contributed by atoms with Gasteiger partial charge in [0.05, 0.1) is 31.5 Å². The summed E-state index contributed by atoms with van der Waals surface area (Å²) in [6.45, 7) is 8.53. The summed E-state index contributed by atoms with van der Waals surface area (Å²) in [5.74, 6) is -0.784. The number of hydrogen-bond donors (Lipinski definition) is 4. The number of aliphatic hydroxyl groups excluding tert-OH is 1. The van der Waals surface area contributed by atoms with Crippen LogP contribution in [0.15, 0.2) is 79.0 Å². The highest BCUT2D eigenvalue weighted by Gasteiger charge is 2.34. The van der Waals surface area contributed by atoms with Crippen molar-refractivity contribution in [3.05, 3.63) is 90.1 Å². The van der Waals surface area contributed by atoms with E-state index < -0.39 is 48.0 Å². The summed E-state index contributed by atoms with van der Waals surface area (Å²) in [5, 5.41) is 17.1. The van der Waals surface area contributed by atoms with Crippen LogP contribution < -0.4 is 16.4 Å². The summed E-state index contributed by atoms with van der Waals surface area (Å²) in [7, 11) is 1.22. The van der Waals surface area contributed by atoms with E-state index in [1.807, 2.05) is 60.7 Å². The van der Waals surface area contributed by atoms with Crippen molar-refractivity contribution in [2.75, 3.05) is 13.7 Å². The zero-order valence-corrected chi connectivity index (χ0v) is 26.8. The number of nitrogens with one attached hydrogen (secondary N) is 2. The molecule has 11 nitrogen and oxygen atoms in total. The highest BCUT2D eigenvalue weighted by atomic mass is 16.6. The number of carbonyl (C=O) groups excluding carboxylic acids is 3. The van der Waals surface area contributed by atoms with Crippen molar-refractivity contribution in [3.63, 3.8) is 0 Å². The number of benzene rings is 2. The summed E-state index contributed by atoms with van der Waals surface area (Å²) in [5.41, 5.74) is 8.95. The molecule has 4 atom stereocenters. The van der Waals surface area contributed by atoms with Crippen LogP contribution in [-0.4, -0.2) is 70.5 Å². The second kappa shape index (κ2) is 16.0. The van der Waals surface area contributed by atoms with Crippen LogP contribution in [0.2, 0.25) is 0 Å². The third-order valence-electron chi connectivity index (χ3n) is 7.06. The summed E-state index contributed by atoms with van der Waals surface area (Å²) in [4.78, 5) is 44.5. The molecule has 3 amide bonds. The number of pyridine rings is 1. The molecular weight excluding hydrogens is 574 g/mol. The largest absolute Gasteiger partial charge is 0.453 e. The number of nitrogens with zero attached hydrogens (tertiary/aromatic N) is 2. The molecule has 242 valence electrons. The van der Waals surface area contributed by atoms with Crippen molar-refractivity contribution < 1.29 is 29.0 Å². The monoisotopic (exact) mass is 619 g/mol.